The lowest BCUT2D eigenvalue weighted by atomic mass is 9.92. The fourth-order valence-corrected chi connectivity index (χ4v) is 2.63. The van der Waals surface area contributed by atoms with E-state index in [4.69, 9.17) is 16.3 Å². The highest BCUT2D eigenvalue weighted by Gasteiger charge is 2.59. The Hall–Kier alpha value is -1.42. The molecule has 2 aromatic carbocycles. The lowest BCUT2D eigenvalue weighted by molar-refractivity contribution is 0.169. The number of benzene rings is 2. The highest BCUT2D eigenvalue weighted by molar-refractivity contribution is 6.31. The molecule has 0 amide bonds. The van der Waals surface area contributed by atoms with Gasteiger partial charge in [-0.15, -0.1) is 0 Å². The number of hydrogen-bond donors (Lipinski definition) is 1. The zero-order chi connectivity index (χ0) is 13.5. The minimum Gasteiger partial charge on any atom is -0.393 e. The summed E-state index contributed by atoms with van der Waals surface area (Å²) in [7, 11) is 0. The number of hydrogen-bond acceptors (Lipinski definition) is 2. The van der Waals surface area contributed by atoms with E-state index >= 15 is 0 Å². The fourth-order valence-electron chi connectivity index (χ4n) is 2.39. The smallest absolute Gasteiger partial charge is 0.150 e. The van der Waals surface area contributed by atoms with Gasteiger partial charge in [-0.3, -0.25) is 0 Å². The number of aliphatic hydroxyl groups is 1. The molecule has 0 saturated carbocycles. The summed E-state index contributed by atoms with van der Waals surface area (Å²) in [5.41, 5.74) is 0.111. The number of ether oxygens (including phenoxy) is 1. The van der Waals surface area contributed by atoms with E-state index < -0.39 is 11.7 Å². The second kappa shape index (κ2) is 4.60. The molecule has 0 radical (unpaired) electrons. The van der Waals surface area contributed by atoms with Crippen molar-refractivity contribution in [2.75, 3.05) is 6.61 Å². The Balaban J connectivity index is 2.02. The zero-order valence-electron chi connectivity index (χ0n) is 10.0. The van der Waals surface area contributed by atoms with Gasteiger partial charge in [-0.05, 0) is 12.1 Å². The predicted molar refractivity (Wildman–Crippen MR) is 70.4 cm³/mol. The summed E-state index contributed by atoms with van der Waals surface area (Å²) in [6.45, 7) is -0.288. The molecule has 19 heavy (non-hydrogen) atoms. The van der Waals surface area contributed by atoms with Gasteiger partial charge in [0.2, 0.25) is 0 Å². The Morgan fingerprint density at radius 1 is 1.16 bits per heavy atom. The second-order valence-corrected chi connectivity index (χ2v) is 4.95. The number of halogens is 2. The highest BCUT2D eigenvalue weighted by atomic mass is 35.5. The van der Waals surface area contributed by atoms with Crippen LogP contribution in [0.3, 0.4) is 0 Å². The van der Waals surface area contributed by atoms with Crippen LogP contribution in [0.4, 0.5) is 4.39 Å². The molecule has 1 aliphatic rings. The molecule has 1 heterocycles. The quantitative estimate of drug-likeness (QED) is 0.873. The molecule has 2 atom stereocenters. The van der Waals surface area contributed by atoms with Crippen molar-refractivity contribution in [1.29, 1.82) is 0 Å². The van der Waals surface area contributed by atoms with Gasteiger partial charge in [0.05, 0.1) is 6.61 Å². The Bertz CT molecular complexity index is 617. The van der Waals surface area contributed by atoms with E-state index in [-0.39, 0.29) is 12.4 Å². The topological polar surface area (TPSA) is 32.8 Å². The van der Waals surface area contributed by atoms with Crippen LogP contribution in [0.5, 0.6) is 0 Å². The summed E-state index contributed by atoms with van der Waals surface area (Å²) >= 11 is 6.12. The third-order valence-corrected chi connectivity index (χ3v) is 3.79. The lowest BCUT2D eigenvalue weighted by Gasteiger charge is -2.11. The van der Waals surface area contributed by atoms with Crippen LogP contribution in [-0.2, 0) is 10.3 Å². The van der Waals surface area contributed by atoms with Gasteiger partial charge in [-0.25, -0.2) is 4.39 Å². The summed E-state index contributed by atoms with van der Waals surface area (Å²) < 4.78 is 19.5. The van der Waals surface area contributed by atoms with Crippen LogP contribution >= 0.6 is 11.6 Å². The van der Waals surface area contributed by atoms with Crippen molar-refractivity contribution < 1.29 is 14.2 Å². The lowest BCUT2D eigenvalue weighted by Crippen LogP contribution is -2.17. The molecule has 1 aliphatic heterocycles. The normalized spacial score (nSPS) is 25.3. The number of rotatable bonds is 3. The highest BCUT2D eigenvalue weighted by Crippen LogP contribution is 2.58. The summed E-state index contributed by atoms with van der Waals surface area (Å²) in [6, 6.07) is 13.6. The Morgan fingerprint density at radius 2 is 1.84 bits per heavy atom. The van der Waals surface area contributed by atoms with Crippen LogP contribution in [0.2, 0.25) is 5.02 Å². The summed E-state index contributed by atoms with van der Waals surface area (Å²) in [5.74, 6) is -0.383. The molecule has 0 spiro atoms. The molecular formula is C15H12ClFO2. The van der Waals surface area contributed by atoms with Crippen molar-refractivity contribution in [2.24, 2.45) is 0 Å². The summed E-state index contributed by atoms with van der Waals surface area (Å²) in [4.78, 5) is 0. The molecule has 2 aromatic rings. The monoisotopic (exact) mass is 278 g/mol. The van der Waals surface area contributed by atoms with E-state index in [9.17, 15) is 9.50 Å². The van der Waals surface area contributed by atoms with Gasteiger partial charge in [-0.2, -0.15) is 0 Å². The van der Waals surface area contributed by atoms with E-state index in [1.165, 1.54) is 6.07 Å². The van der Waals surface area contributed by atoms with Crippen molar-refractivity contribution in [3.8, 4) is 0 Å². The first-order chi connectivity index (χ1) is 9.19. The summed E-state index contributed by atoms with van der Waals surface area (Å²) in [5, 5.41) is 10.2. The Morgan fingerprint density at radius 3 is 2.53 bits per heavy atom. The molecule has 4 heteroatoms. The maximum absolute atomic E-state index is 13.9. The van der Waals surface area contributed by atoms with E-state index in [0.717, 1.165) is 5.56 Å². The third kappa shape index (κ3) is 1.94. The summed E-state index contributed by atoms with van der Waals surface area (Å²) in [6.07, 6.45) is -0.414. The van der Waals surface area contributed by atoms with Gasteiger partial charge in [0, 0.05) is 16.1 Å². The molecular weight excluding hydrogens is 267 g/mol. The van der Waals surface area contributed by atoms with Crippen LogP contribution in [0.15, 0.2) is 48.5 Å². The van der Waals surface area contributed by atoms with Gasteiger partial charge >= 0.3 is 0 Å². The van der Waals surface area contributed by atoms with E-state index in [2.05, 4.69) is 0 Å². The standard InChI is InChI=1S/C15H12ClFO2/c16-12-7-3-1-5-10(12)14-15(9-18,19-14)11-6-2-4-8-13(11)17/h1-8,14,18H,9H2. The van der Waals surface area contributed by atoms with Crippen molar-refractivity contribution >= 4 is 11.6 Å². The predicted octanol–water partition coefficient (Wildman–Crippen LogP) is 3.44. The van der Waals surface area contributed by atoms with Crippen molar-refractivity contribution in [3.63, 3.8) is 0 Å². The molecule has 2 nitrogen and oxygen atoms in total. The maximum Gasteiger partial charge on any atom is 0.150 e. The van der Waals surface area contributed by atoms with Crippen LogP contribution in [0.25, 0.3) is 0 Å². The number of epoxide rings is 1. The van der Waals surface area contributed by atoms with Gasteiger partial charge < -0.3 is 9.84 Å². The average Bonchev–Trinajstić information content (AvgIpc) is 3.15. The SMILES string of the molecule is OCC1(c2ccccc2F)OC1c1ccccc1Cl. The van der Waals surface area contributed by atoms with Gasteiger partial charge in [-0.1, -0.05) is 48.0 Å². The Labute approximate surface area is 115 Å². The minimum atomic E-state index is -1.02. The molecule has 98 valence electrons. The second-order valence-electron chi connectivity index (χ2n) is 4.55. The molecule has 0 bridgehead atoms. The van der Waals surface area contributed by atoms with Gasteiger partial charge in [0.15, 0.2) is 5.60 Å². The van der Waals surface area contributed by atoms with Crippen LogP contribution in [0, 0.1) is 5.82 Å². The average molecular weight is 279 g/mol. The third-order valence-electron chi connectivity index (χ3n) is 3.45. The first kappa shape index (κ1) is 12.6. The van der Waals surface area contributed by atoms with E-state index in [1.54, 1.807) is 24.3 Å². The molecule has 0 aliphatic carbocycles. The first-order valence-corrected chi connectivity index (χ1v) is 6.35. The number of aliphatic hydroxyl groups excluding tert-OH is 1. The van der Waals surface area contributed by atoms with E-state index in [1.807, 2.05) is 18.2 Å². The maximum atomic E-state index is 13.9. The molecule has 2 unspecified atom stereocenters. The van der Waals surface area contributed by atoms with Crippen LogP contribution in [0.1, 0.15) is 17.2 Å². The molecule has 0 aromatic heterocycles. The Kier molecular flexibility index (Phi) is 3.05. The zero-order valence-corrected chi connectivity index (χ0v) is 10.8. The van der Waals surface area contributed by atoms with Crippen molar-refractivity contribution in [2.45, 2.75) is 11.7 Å². The van der Waals surface area contributed by atoms with Crippen LogP contribution < -0.4 is 0 Å². The first-order valence-electron chi connectivity index (χ1n) is 5.97. The molecule has 3 rings (SSSR count). The largest absolute Gasteiger partial charge is 0.393 e. The minimum absolute atomic E-state index is 0.288. The van der Waals surface area contributed by atoms with Gasteiger partial charge in [0.1, 0.15) is 11.9 Å². The molecule has 1 fully saturated rings. The van der Waals surface area contributed by atoms with Crippen LogP contribution in [-0.4, -0.2) is 11.7 Å². The molecule has 1 saturated heterocycles. The van der Waals surface area contributed by atoms with Gasteiger partial charge in [0.25, 0.3) is 0 Å². The molecule has 1 N–H and O–H groups in total. The fraction of sp³-hybridized carbons (Fsp3) is 0.200. The van der Waals surface area contributed by atoms with Crippen molar-refractivity contribution in [3.05, 3.63) is 70.5 Å². The van der Waals surface area contributed by atoms with E-state index in [0.29, 0.717) is 10.6 Å². The van der Waals surface area contributed by atoms with Crippen molar-refractivity contribution in [1.82, 2.24) is 0 Å².